The Hall–Kier alpha value is -2.56. The number of fused-ring (bicyclic) bond motifs is 1. The fraction of sp³-hybridized carbons (Fsp3) is 0.350. The number of sulfonamides is 1. The molecule has 0 bridgehead atoms. The molecule has 1 aromatic carbocycles. The topological polar surface area (TPSA) is 98.0 Å². The Bertz CT molecular complexity index is 1230. The first-order chi connectivity index (χ1) is 14.4. The molecular weight excluding hydrogens is 426 g/mol. The van der Waals surface area contributed by atoms with Crippen molar-refractivity contribution in [3.63, 3.8) is 0 Å². The van der Waals surface area contributed by atoms with E-state index in [4.69, 9.17) is 4.74 Å². The van der Waals surface area contributed by atoms with Crippen LogP contribution in [0.2, 0.25) is 0 Å². The Morgan fingerprint density at radius 1 is 1.27 bits per heavy atom. The van der Waals surface area contributed by atoms with Gasteiger partial charge in [-0.05, 0) is 44.0 Å². The molecule has 1 atom stereocenters. The predicted octanol–water partition coefficient (Wildman–Crippen LogP) is 2.68. The van der Waals surface area contributed by atoms with Gasteiger partial charge in [-0.15, -0.1) is 11.3 Å². The van der Waals surface area contributed by atoms with Crippen molar-refractivity contribution in [2.45, 2.75) is 43.7 Å². The van der Waals surface area contributed by atoms with E-state index in [2.05, 4.69) is 4.98 Å². The molecule has 2 aromatic heterocycles. The number of ether oxygens (including phenoxy) is 1. The second-order valence-corrected chi connectivity index (χ2v) is 9.97. The van der Waals surface area contributed by atoms with Crippen molar-refractivity contribution in [3.8, 4) is 0 Å². The molecule has 0 amide bonds. The fourth-order valence-electron chi connectivity index (χ4n) is 3.51. The quantitative estimate of drug-likeness (QED) is 0.558. The molecular formula is C20H21N3O5S2. The number of nitrogens with zero attached hydrogens (tertiary/aromatic N) is 3. The number of piperidine rings is 1. The van der Waals surface area contributed by atoms with Gasteiger partial charge in [0.05, 0.1) is 16.2 Å². The molecule has 4 rings (SSSR count). The Morgan fingerprint density at radius 2 is 2.03 bits per heavy atom. The van der Waals surface area contributed by atoms with Gasteiger partial charge in [0, 0.05) is 30.2 Å². The third-order valence-corrected chi connectivity index (χ3v) is 7.93. The molecule has 30 heavy (non-hydrogen) atoms. The summed E-state index contributed by atoms with van der Waals surface area (Å²) < 4.78 is 33.9. The fourth-order valence-corrected chi connectivity index (χ4v) is 5.95. The summed E-state index contributed by atoms with van der Waals surface area (Å²) in [6.07, 6.45) is 4.35. The smallest absolute Gasteiger partial charge is 0.338 e. The maximum absolute atomic E-state index is 12.9. The molecule has 0 unspecified atom stereocenters. The lowest BCUT2D eigenvalue weighted by atomic mass is 10.1. The molecule has 158 valence electrons. The zero-order valence-electron chi connectivity index (χ0n) is 16.4. The molecule has 3 heterocycles. The first kappa shape index (κ1) is 20.7. The molecule has 1 saturated heterocycles. The Morgan fingerprint density at radius 3 is 2.77 bits per heavy atom. The largest absolute Gasteiger partial charge is 0.456 e. The SMILES string of the molecule is C[C@H]1CCCCN1S(=O)(=O)c1ccc(C(=O)OCc2cc(=O)n3ccsc3n2)cc1. The van der Waals surface area contributed by atoms with Gasteiger partial charge >= 0.3 is 5.97 Å². The average molecular weight is 448 g/mol. The van der Waals surface area contributed by atoms with Crippen LogP contribution in [0.5, 0.6) is 0 Å². The van der Waals surface area contributed by atoms with Crippen LogP contribution in [0.4, 0.5) is 0 Å². The second kappa shape index (κ2) is 8.29. The minimum atomic E-state index is -3.59. The van der Waals surface area contributed by atoms with Crippen molar-refractivity contribution < 1.29 is 17.9 Å². The van der Waals surface area contributed by atoms with Gasteiger partial charge in [0.2, 0.25) is 10.0 Å². The number of thiazole rings is 1. The lowest BCUT2D eigenvalue weighted by Crippen LogP contribution is -2.41. The van der Waals surface area contributed by atoms with Gasteiger partial charge < -0.3 is 4.74 Å². The zero-order chi connectivity index (χ0) is 21.3. The number of hydrogen-bond donors (Lipinski definition) is 0. The molecule has 8 nitrogen and oxygen atoms in total. The number of esters is 1. The molecule has 1 aliphatic rings. The van der Waals surface area contributed by atoms with Gasteiger partial charge in [-0.25, -0.2) is 18.2 Å². The summed E-state index contributed by atoms with van der Waals surface area (Å²) in [5.41, 5.74) is 0.345. The molecule has 0 saturated carbocycles. The average Bonchev–Trinajstić information content (AvgIpc) is 3.21. The van der Waals surface area contributed by atoms with Crippen molar-refractivity contribution >= 4 is 32.3 Å². The van der Waals surface area contributed by atoms with E-state index < -0.39 is 16.0 Å². The van der Waals surface area contributed by atoms with Crippen LogP contribution in [-0.4, -0.2) is 40.7 Å². The summed E-state index contributed by atoms with van der Waals surface area (Å²) >= 11 is 1.31. The summed E-state index contributed by atoms with van der Waals surface area (Å²) in [6.45, 7) is 2.28. The van der Waals surface area contributed by atoms with Crippen molar-refractivity contribution in [3.05, 3.63) is 63.5 Å². The highest BCUT2D eigenvalue weighted by Gasteiger charge is 2.30. The number of hydrogen-bond acceptors (Lipinski definition) is 7. The second-order valence-electron chi connectivity index (χ2n) is 7.20. The minimum Gasteiger partial charge on any atom is -0.456 e. The van der Waals surface area contributed by atoms with Crippen molar-refractivity contribution in [2.24, 2.45) is 0 Å². The Kier molecular flexibility index (Phi) is 5.72. The monoisotopic (exact) mass is 447 g/mol. The highest BCUT2D eigenvalue weighted by Crippen LogP contribution is 2.25. The summed E-state index contributed by atoms with van der Waals surface area (Å²) in [7, 11) is -3.59. The van der Waals surface area contributed by atoms with Crippen LogP contribution < -0.4 is 5.56 Å². The highest BCUT2D eigenvalue weighted by atomic mass is 32.2. The number of carbonyl (C=O) groups is 1. The Balaban J connectivity index is 1.45. The van der Waals surface area contributed by atoms with Gasteiger partial charge in [-0.3, -0.25) is 9.20 Å². The molecule has 0 spiro atoms. The first-order valence-corrected chi connectivity index (χ1v) is 11.9. The van der Waals surface area contributed by atoms with Gasteiger partial charge in [0.1, 0.15) is 6.61 Å². The van der Waals surface area contributed by atoms with Crippen molar-refractivity contribution in [1.29, 1.82) is 0 Å². The minimum absolute atomic E-state index is 0.0364. The van der Waals surface area contributed by atoms with E-state index in [-0.39, 0.29) is 28.7 Å². The summed E-state index contributed by atoms with van der Waals surface area (Å²) in [5, 5.41) is 1.75. The third kappa shape index (κ3) is 4.03. The van der Waals surface area contributed by atoms with E-state index >= 15 is 0 Å². The van der Waals surface area contributed by atoms with Gasteiger partial charge in [0.25, 0.3) is 5.56 Å². The van der Waals surface area contributed by atoms with E-state index in [0.29, 0.717) is 17.2 Å². The van der Waals surface area contributed by atoms with Gasteiger partial charge in [-0.2, -0.15) is 4.31 Å². The normalized spacial score (nSPS) is 17.8. The molecule has 3 aromatic rings. The van der Waals surface area contributed by atoms with Crippen LogP contribution >= 0.6 is 11.3 Å². The maximum atomic E-state index is 12.9. The number of carbonyl (C=O) groups excluding carboxylic acids is 1. The highest BCUT2D eigenvalue weighted by molar-refractivity contribution is 7.89. The van der Waals surface area contributed by atoms with Crippen LogP contribution in [-0.2, 0) is 21.4 Å². The first-order valence-electron chi connectivity index (χ1n) is 9.61. The van der Waals surface area contributed by atoms with Crippen molar-refractivity contribution in [1.82, 2.24) is 13.7 Å². The summed E-state index contributed by atoms with van der Waals surface area (Å²) in [5.74, 6) is -0.613. The molecule has 0 aliphatic carbocycles. The van der Waals surface area contributed by atoms with Crippen LogP contribution in [0.25, 0.3) is 4.96 Å². The molecule has 1 fully saturated rings. The number of rotatable bonds is 5. The lowest BCUT2D eigenvalue weighted by molar-refractivity contribution is 0.0467. The number of benzene rings is 1. The van der Waals surface area contributed by atoms with Crippen LogP contribution in [0.1, 0.15) is 42.2 Å². The lowest BCUT2D eigenvalue weighted by Gasteiger charge is -2.32. The predicted molar refractivity (Wildman–Crippen MR) is 112 cm³/mol. The van der Waals surface area contributed by atoms with Crippen molar-refractivity contribution in [2.75, 3.05) is 6.54 Å². The van der Waals surface area contributed by atoms with E-state index in [0.717, 1.165) is 19.3 Å². The summed E-state index contributed by atoms with van der Waals surface area (Å²) in [6, 6.07) is 7.02. The van der Waals surface area contributed by atoms with Crippen LogP contribution in [0, 0.1) is 0 Å². The van der Waals surface area contributed by atoms with Gasteiger partial charge in [-0.1, -0.05) is 6.42 Å². The molecule has 0 radical (unpaired) electrons. The summed E-state index contributed by atoms with van der Waals surface area (Å²) in [4.78, 5) is 29.3. The molecule has 1 aliphatic heterocycles. The van der Waals surface area contributed by atoms with Crippen LogP contribution in [0.3, 0.4) is 0 Å². The van der Waals surface area contributed by atoms with E-state index in [1.165, 1.54) is 50.4 Å². The van der Waals surface area contributed by atoms with E-state index in [1.807, 2.05) is 6.92 Å². The Labute approximate surface area is 177 Å². The molecule has 0 N–H and O–H groups in total. The van der Waals surface area contributed by atoms with E-state index in [1.54, 1.807) is 11.6 Å². The molecule has 10 heteroatoms. The van der Waals surface area contributed by atoms with Gasteiger partial charge in [0.15, 0.2) is 4.96 Å². The van der Waals surface area contributed by atoms with Crippen LogP contribution in [0.15, 0.2) is 51.6 Å². The number of aromatic nitrogens is 2. The third-order valence-electron chi connectivity index (χ3n) is 5.15. The zero-order valence-corrected chi connectivity index (χ0v) is 18.0. The maximum Gasteiger partial charge on any atom is 0.338 e. The van der Waals surface area contributed by atoms with E-state index in [9.17, 15) is 18.0 Å². The standard InChI is InChI=1S/C20H21N3O5S2/c1-14-4-2-3-9-23(14)30(26,27)17-7-5-15(6-8-17)19(25)28-13-16-12-18(24)22-10-11-29-20(22)21-16/h5-8,10-12,14H,2-4,9,13H2,1H3/t14-/m0/s1.